The molecule has 27 heavy (non-hydrogen) atoms. The lowest BCUT2D eigenvalue weighted by atomic mass is 9.89. The van der Waals surface area contributed by atoms with Gasteiger partial charge in [0.05, 0.1) is 11.9 Å². The van der Waals surface area contributed by atoms with Crippen LogP contribution in [0, 0.1) is 19.8 Å². The molecule has 4 heterocycles. The summed E-state index contributed by atoms with van der Waals surface area (Å²) in [5.41, 5.74) is 3.45. The molecule has 4 aromatic heterocycles. The maximum Gasteiger partial charge on any atom is 0.255 e. The lowest BCUT2D eigenvalue weighted by molar-refractivity contribution is 0.509. The van der Waals surface area contributed by atoms with Gasteiger partial charge in [0.1, 0.15) is 17.0 Å². The summed E-state index contributed by atoms with van der Waals surface area (Å²) >= 11 is 1.81. The molecule has 4 aromatic rings. The minimum Gasteiger partial charge on any atom is -0.362 e. The first-order valence-electron chi connectivity index (χ1n) is 9.27. The van der Waals surface area contributed by atoms with Gasteiger partial charge in [-0.15, -0.1) is 21.5 Å². The molecule has 0 saturated carbocycles. The highest BCUT2D eigenvalue weighted by atomic mass is 32.1. The number of nitrogens with zero attached hydrogens (tertiary/aromatic N) is 6. The van der Waals surface area contributed by atoms with Crippen LogP contribution in [0.15, 0.2) is 12.4 Å². The van der Waals surface area contributed by atoms with Crippen molar-refractivity contribution in [1.82, 2.24) is 29.5 Å². The van der Waals surface area contributed by atoms with Gasteiger partial charge in [0.25, 0.3) is 5.78 Å². The quantitative estimate of drug-likeness (QED) is 0.587. The molecule has 0 saturated heterocycles. The Labute approximate surface area is 160 Å². The summed E-state index contributed by atoms with van der Waals surface area (Å²) in [6.07, 6.45) is 5.13. The standard InChI is InChI=1S/C19H21N7S/c1-10-4-5-13-14(6-10)27-18-16(13)17(21-9-22-18)20-8-15-24-25-19-23-11(2)7-12(3)26(15)19/h7,9-10H,4-6,8H2,1-3H3,(H,20,21,22). The maximum atomic E-state index is 4.53. The average molecular weight is 379 g/mol. The van der Waals surface area contributed by atoms with E-state index in [2.05, 4.69) is 37.4 Å². The third-order valence-electron chi connectivity index (χ3n) is 5.27. The topological polar surface area (TPSA) is 80.9 Å². The maximum absolute atomic E-state index is 4.53. The fourth-order valence-electron chi connectivity index (χ4n) is 3.98. The molecule has 1 unspecified atom stereocenters. The number of rotatable bonds is 3. The lowest BCUT2D eigenvalue weighted by Gasteiger charge is -2.18. The number of aromatic nitrogens is 6. The van der Waals surface area contributed by atoms with Gasteiger partial charge in [-0.1, -0.05) is 6.92 Å². The first-order chi connectivity index (χ1) is 13.1. The summed E-state index contributed by atoms with van der Waals surface area (Å²) in [6, 6.07) is 2.04. The van der Waals surface area contributed by atoms with E-state index < -0.39 is 0 Å². The molecule has 0 fully saturated rings. The van der Waals surface area contributed by atoms with Crippen LogP contribution in [0.25, 0.3) is 16.0 Å². The third-order valence-corrected chi connectivity index (χ3v) is 6.43. The lowest BCUT2D eigenvalue weighted by Crippen LogP contribution is -2.10. The predicted molar refractivity (Wildman–Crippen MR) is 106 cm³/mol. The fourth-order valence-corrected chi connectivity index (χ4v) is 5.33. The van der Waals surface area contributed by atoms with Crippen molar-refractivity contribution in [3.8, 4) is 0 Å². The number of aryl methyl sites for hydroxylation is 3. The third kappa shape index (κ3) is 2.75. The van der Waals surface area contributed by atoms with Gasteiger partial charge in [0, 0.05) is 16.3 Å². The van der Waals surface area contributed by atoms with Crippen molar-refractivity contribution in [3.63, 3.8) is 0 Å². The molecular formula is C19H21N7S. The summed E-state index contributed by atoms with van der Waals surface area (Å²) in [7, 11) is 0. The SMILES string of the molecule is Cc1cc(C)n2c(CNc3ncnc4sc5c(c34)CCC(C)C5)nnc2n1. The van der Waals surface area contributed by atoms with E-state index in [9.17, 15) is 0 Å². The van der Waals surface area contributed by atoms with Crippen molar-refractivity contribution < 1.29 is 0 Å². The van der Waals surface area contributed by atoms with Crippen molar-refractivity contribution in [2.75, 3.05) is 5.32 Å². The molecule has 0 aromatic carbocycles. The molecular weight excluding hydrogens is 358 g/mol. The Morgan fingerprint density at radius 3 is 3.04 bits per heavy atom. The zero-order chi connectivity index (χ0) is 18.5. The second kappa shape index (κ2) is 6.23. The highest BCUT2D eigenvalue weighted by Crippen LogP contribution is 2.39. The van der Waals surface area contributed by atoms with Gasteiger partial charge in [-0.3, -0.25) is 4.40 Å². The Morgan fingerprint density at radius 2 is 2.15 bits per heavy atom. The van der Waals surface area contributed by atoms with E-state index in [0.717, 1.165) is 46.6 Å². The van der Waals surface area contributed by atoms with Crippen LogP contribution in [0.3, 0.4) is 0 Å². The van der Waals surface area contributed by atoms with Crippen LogP contribution in [0.4, 0.5) is 5.82 Å². The Kier molecular flexibility index (Phi) is 3.82. The van der Waals surface area contributed by atoms with Crippen LogP contribution in [0.5, 0.6) is 0 Å². The molecule has 7 nitrogen and oxygen atoms in total. The van der Waals surface area contributed by atoms with Crippen molar-refractivity contribution in [3.05, 3.63) is 40.0 Å². The normalized spacial score (nSPS) is 16.8. The average Bonchev–Trinajstić information content (AvgIpc) is 3.20. The zero-order valence-corrected chi connectivity index (χ0v) is 16.5. The minimum atomic E-state index is 0.542. The number of hydrogen-bond donors (Lipinski definition) is 1. The van der Waals surface area contributed by atoms with Crippen molar-refractivity contribution >= 4 is 33.1 Å². The van der Waals surface area contributed by atoms with Crippen molar-refractivity contribution in [2.45, 2.75) is 46.6 Å². The van der Waals surface area contributed by atoms with Crippen LogP contribution in [-0.2, 0) is 19.4 Å². The molecule has 0 bridgehead atoms. The molecule has 1 aliphatic rings. The van der Waals surface area contributed by atoms with Gasteiger partial charge in [0.2, 0.25) is 0 Å². The largest absolute Gasteiger partial charge is 0.362 e. The Morgan fingerprint density at radius 1 is 1.26 bits per heavy atom. The zero-order valence-electron chi connectivity index (χ0n) is 15.7. The van der Waals surface area contributed by atoms with E-state index in [1.54, 1.807) is 6.33 Å². The Balaban J connectivity index is 1.51. The minimum absolute atomic E-state index is 0.542. The van der Waals surface area contributed by atoms with E-state index in [0.29, 0.717) is 12.3 Å². The predicted octanol–water partition coefficient (Wildman–Crippen LogP) is 3.48. The van der Waals surface area contributed by atoms with Crippen LogP contribution < -0.4 is 5.32 Å². The van der Waals surface area contributed by atoms with Gasteiger partial charge >= 0.3 is 0 Å². The molecule has 0 aliphatic heterocycles. The van der Waals surface area contributed by atoms with Gasteiger partial charge in [-0.05, 0) is 50.7 Å². The van der Waals surface area contributed by atoms with Crippen LogP contribution >= 0.6 is 11.3 Å². The molecule has 138 valence electrons. The molecule has 0 spiro atoms. The van der Waals surface area contributed by atoms with Gasteiger partial charge in [0.15, 0.2) is 5.82 Å². The molecule has 1 N–H and O–H groups in total. The first-order valence-corrected chi connectivity index (χ1v) is 10.1. The summed E-state index contributed by atoms with van der Waals surface area (Å²) in [5.74, 6) is 3.11. The van der Waals surface area contributed by atoms with E-state index >= 15 is 0 Å². The number of thiophene rings is 1. The molecule has 8 heteroatoms. The fraction of sp³-hybridized carbons (Fsp3) is 0.421. The van der Waals surface area contributed by atoms with Crippen LogP contribution in [0.1, 0.15) is 41.0 Å². The second-order valence-electron chi connectivity index (χ2n) is 7.40. The van der Waals surface area contributed by atoms with E-state index in [4.69, 9.17) is 0 Å². The number of nitrogens with one attached hydrogen (secondary N) is 1. The highest BCUT2D eigenvalue weighted by molar-refractivity contribution is 7.19. The molecule has 0 radical (unpaired) electrons. The second-order valence-corrected chi connectivity index (χ2v) is 8.48. The number of anilines is 1. The van der Waals surface area contributed by atoms with Gasteiger partial charge < -0.3 is 5.32 Å². The summed E-state index contributed by atoms with van der Waals surface area (Å²) < 4.78 is 1.99. The Hall–Kier alpha value is -2.61. The van der Waals surface area contributed by atoms with Crippen molar-refractivity contribution in [2.24, 2.45) is 5.92 Å². The van der Waals surface area contributed by atoms with Crippen LogP contribution in [0.2, 0.25) is 0 Å². The van der Waals surface area contributed by atoms with Gasteiger partial charge in [-0.25, -0.2) is 15.0 Å². The van der Waals surface area contributed by atoms with Gasteiger partial charge in [-0.2, -0.15) is 0 Å². The summed E-state index contributed by atoms with van der Waals surface area (Å²) in [5, 5.41) is 13.2. The number of hydrogen-bond acceptors (Lipinski definition) is 7. The molecule has 1 aliphatic carbocycles. The van der Waals surface area contributed by atoms with E-state index in [-0.39, 0.29) is 0 Å². The monoisotopic (exact) mass is 379 g/mol. The highest BCUT2D eigenvalue weighted by Gasteiger charge is 2.23. The molecule has 5 rings (SSSR count). The smallest absolute Gasteiger partial charge is 0.255 e. The molecule has 0 amide bonds. The van der Waals surface area contributed by atoms with Crippen LogP contribution in [-0.4, -0.2) is 29.5 Å². The van der Waals surface area contributed by atoms with E-state index in [1.165, 1.54) is 22.2 Å². The summed E-state index contributed by atoms with van der Waals surface area (Å²) in [4.78, 5) is 16.0. The van der Waals surface area contributed by atoms with Crippen molar-refractivity contribution in [1.29, 1.82) is 0 Å². The molecule has 1 atom stereocenters. The van der Waals surface area contributed by atoms with E-state index in [1.807, 2.05) is 35.7 Å². The number of fused-ring (bicyclic) bond motifs is 4. The first kappa shape index (κ1) is 16.6. The Bertz CT molecular complexity index is 1160. The summed E-state index contributed by atoms with van der Waals surface area (Å²) in [6.45, 7) is 6.89.